The van der Waals surface area contributed by atoms with Crippen molar-refractivity contribution >= 4 is 21.8 Å². The predicted molar refractivity (Wildman–Crippen MR) is 109 cm³/mol. The molecule has 148 valence electrons. The minimum atomic E-state index is -3.70. The molecule has 0 saturated carbocycles. The number of ether oxygens (including phenoxy) is 1. The molecule has 0 amide bonds. The number of nitrogens with zero attached hydrogens (tertiary/aromatic N) is 1. The molecule has 0 aromatic heterocycles. The summed E-state index contributed by atoms with van der Waals surface area (Å²) in [5.74, 6) is 1.30. The summed E-state index contributed by atoms with van der Waals surface area (Å²) < 4.78 is 33.3. The van der Waals surface area contributed by atoms with Crippen LogP contribution in [0.5, 0.6) is 11.5 Å². The minimum Gasteiger partial charge on any atom is -0.457 e. The first-order valence-corrected chi connectivity index (χ1v) is 11.2. The molecular weight excluding hydrogens is 384 g/mol. The lowest BCUT2D eigenvalue weighted by atomic mass is 10.2. The van der Waals surface area contributed by atoms with E-state index in [1.807, 2.05) is 49.5 Å². The Labute approximate surface area is 165 Å². The fraction of sp³-hybridized carbons (Fsp3) is 0.368. The van der Waals surface area contributed by atoms with Crippen LogP contribution in [-0.2, 0) is 16.6 Å². The third kappa shape index (κ3) is 6.51. The van der Waals surface area contributed by atoms with Gasteiger partial charge in [-0.25, -0.2) is 13.1 Å². The number of nitrogens with one attached hydrogen (secondary N) is 1. The van der Waals surface area contributed by atoms with Crippen LogP contribution in [0.4, 0.5) is 0 Å². The largest absolute Gasteiger partial charge is 0.457 e. The molecule has 0 unspecified atom stereocenters. The number of rotatable bonds is 9. The average Bonchev–Trinajstić information content (AvgIpc) is 2.61. The molecule has 0 aliphatic carbocycles. The van der Waals surface area contributed by atoms with Crippen LogP contribution in [0.3, 0.4) is 0 Å². The predicted octanol–water partition coefficient (Wildman–Crippen LogP) is 2.92. The van der Waals surface area contributed by atoms with Crippen LogP contribution in [0.2, 0.25) is 0 Å². The van der Waals surface area contributed by atoms with E-state index in [0.29, 0.717) is 18.0 Å². The highest BCUT2D eigenvalue weighted by Gasteiger charge is 2.18. The van der Waals surface area contributed by atoms with Gasteiger partial charge in [-0.3, -0.25) is 0 Å². The summed E-state index contributed by atoms with van der Waals surface area (Å²) in [6.45, 7) is 2.02. The van der Waals surface area contributed by atoms with Crippen LogP contribution >= 0.6 is 11.8 Å². The van der Waals surface area contributed by atoms with E-state index in [0.717, 1.165) is 10.5 Å². The molecule has 0 spiro atoms. The van der Waals surface area contributed by atoms with E-state index in [-0.39, 0.29) is 11.4 Å². The molecule has 2 N–H and O–H groups in total. The second-order valence-corrected chi connectivity index (χ2v) is 9.13. The van der Waals surface area contributed by atoms with Crippen molar-refractivity contribution < 1.29 is 18.3 Å². The average molecular weight is 411 g/mol. The standard InChI is InChI=1S/C19H26N2O4S2/c1-14(22)12-20-27(23,24)18-9-10-19(15(11-18)13-21(2)3)25-16-5-7-17(26-4)8-6-16/h5-11,14,20,22H,12-13H2,1-4H3/t14-/m0/s1. The lowest BCUT2D eigenvalue weighted by Gasteiger charge is -2.17. The Morgan fingerprint density at radius 2 is 1.85 bits per heavy atom. The van der Waals surface area contributed by atoms with Crippen molar-refractivity contribution in [3.05, 3.63) is 48.0 Å². The molecule has 2 rings (SSSR count). The molecule has 0 bridgehead atoms. The molecule has 0 aliphatic heterocycles. The number of aliphatic hydroxyl groups is 1. The SMILES string of the molecule is CSc1ccc(Oc2ccc(S(=O)(=O)NC[C@H](C)O)cc2CN(C)C)cc1. The maximum absolute atomic E-state index is 12.4. The van der Waals surface area contributed by atoms with Crippen molar-refractivity contribution in [3.63, 3.8) is 0 Å². The van der Waals surface area contributed by atoms with Gasteiger partial charge in [-0.15, -0.1) is 11.8 Å². The van der Waals surface area contributed by atoms with Crippen LogP contribution in [0.1, 0.15) is 12.5 Å². The van der Waals surface area contributed by atoms with Gasteiger partial charge in [0.2, 0.25) is 10.0 Å². The summed E-state index contributed by atoms with van der Waals surface area (Å²) >= 11 is 1.65. The van der Waals surface area contributed by atoms with E-state index in [9.17, 15) is 13.5 Å². The third-order valence-electron chi connectivity index (χ3n) is 3.68. The van der Waals surface area contributed by atoms with Gasteiger partial charge in [0.15, 0.2) is 0 Å². The van der Waals surface area contributed by atoms with E-state index in [2.05, 4.69) is 4.72 Å². The minimum absolute atomic E-state index is 0.0363. The molecular formula is C19H26N2O4S2. The molecule has 27 heavy (non-hydrogen) atoms. The Morgan fingerprint density at radius 3 is 2.41 bits per heavy atom. The Kier molecular flexibility index (Phi) is 7.69. The van der Waals surface area contributed by atoms with Gasteiger partial charge >= 0.3 is 0 Å². The highest BCUT2D eigenvalue weighted by atomic mass is 32.2. The van der Waals surface area contributed by atoms with Crippen molar-refractivity contribution in [2.45, 2.75) is 29.4 Å². The number of hydrogen-bond acceptors (Lipinski definition) is 6. The molecule has 0 heterocycles. The van der Waals surface area contributed by atoms with Crippen molar-refractivity contribution in [1.29, 1.82) is 0 Å². The summed E-state index contributed by atoms with van der Waals surface area (Å²) in [7, 11) is 0.114. The van der Waals surface area contributed by atoms with Crippen molar-refractivity contribution in [2.24, 2.45) is 0 Å². The molecule has 0 aliphatic rings. The summed E-state index contributed by atoms with van der Waals surface area (Å²) in [6.07, 6.45) is 1.25. The first-order valence-electron chi connectivity index (χ1n) is 8.48. The monoisotopic (exact) mass is 410 g/mol. The lowest BCUT2D eigenvalue weighted by Crippen LogP contribution is -2.30. The highest BCUT2D eigenvalue weighted by molar-refractivity contribution is 7.98. The van der Waals surface area contributed by atoms with E-state index in [1.165, 1.54) is 13.0 Å². The first-order chi connectivity index (χ1) is 12.7. The van der Waals surface area contributed by atoms with Crippen LogP contribution in [-0.4, -0.2) is 51.4 Å². The molecule has 0 fully saturated rings. The quantitative estimate of drug-likeness (QED) is 0.619. The Morgan fingerprint density at radius 1 is 1.19 bits per heavy atom. The molecule has 2 aromatic carbocycles. The third-order valence-corrected chi connectivity index (χ3v) is 5.85. The van der Waals surface area contributed by atoms with Crippen molar-refractivity contribution in [1.82, 2.24) is 9.62 Å². The van der Waals surface area contributed by atoms with Gasteiger partial charge < -0.3 is 14.7 Å². The zero-order valence-corrected chi connectivity index (χ0v) is 17.6. The second-order valence-electron chi connectivity index (χ2n) is 6.49. The Hall–Kier alpha value is -1.58. The van der Waals surface area contributed by atoms with Gasteiger partial charge in [0.1, 0.15) is 11.5 Å². The van der Waals surface area contributed by atoms with Crippen LogP contribution in [0, 0.1) is 0 Å². The van der Waals surface area contributed by atoms with Crippen molar-refractivity contribution in [2.75, 3.05) is 26.9 Å². The van der Waals surface area contributed by atoms with Crippen LogP contribution < -0.4 is 9.46 Å². The number of aliphatic hydroxyl groups excluding tert-OH is 1. The summed E-state index contributed by atoms with van der Waals surface area (Å²) in [4.78, 5) is 3.23. The topological polar surface area (TPSA) is 78.9 Å². The molecule has 8 heteroatoms. The van der Waals surface area contributed by atoms with Crippen molar-refractivity contribution in [3.8, 4) is 11.5 Å². The molecule has 6 nitrogen and oxygen atoms in total. The van der Waals surface area contributed by atoms with Gasteiger partial charge in [0.05, 0.1) is 11.0 Å². The maximum atomic E-state index is 12.4. The summed E-state index contributed by atoms with van der Waals surface area (Å²) in [5, 5.41) is 9.33. The van der Waals surface area contributed by atoms with E-state index >= 15 is 0 Å². The number of hydrogen-bond donors (Lipinski definition) is 2. The maximum Gasteiger partial charge on any atom is 0.240 e. The zero-order valence-electron chi connectivity index (χ0n) is 16.0. The van der Waals surface area contributed by atoms with Crippen LogP contribution in [0.25, 0.3) is 0 Å². The molecule has 0 radical (unpaired) electrons. The first kappa shape index (κ1) is 21.7. The molecule has 0 saturated heterocycles. The van der Waals surface area contributed by atoms with Gasteiger partial charge in [-0.1, -0.05) is 0 Å². The van der Waals surface area contributed by atoms with Gasteiger partial charge in [0, 0.05) is 23.5 Å². The number of benzene rings is 2. The molecule has 1 atom stereocenters. The fourth-order valence-corrected chi connectivity index (χ4v) is 3.95. The van der Waals surface area contributed by atoms with E-state index < -0.39 is 16.1 Å². The highest BCUT2D eigenvalue weighted by Crippen LogP contribution is 2.29. The van der Waals surface area contributed by atoms with E-state index in [1.54, 1.807) is 23.9 Å². The van der Waals surface area contributed by atoms with Gasteiger partial charge in [-0.2, -0.15) is 0 Å². The smallest absolute Gasteiger partial charge is 0.240 e. The number of sulfonamides is 1. The van der Waals surface area contributed by atoms with Gasteiger partial charge in [-0.05, 0) is 69.7 Å². The van der Waals surface area contributed by atoms with Crippen LogP contribution in [0.15, 0.2) is 52.3 Å². The van der Waals surface area contributed by atoms with Gasteiger partial charge in [0.25, 0.3) is 0 Å². The molecule has 2 aromatic rings. The van der Waals surface area contributed by atoms with E-state index in [4.69, 9.17) is 4.74 Å². The fourth-order valence-electron chi connectivity index (χ4n) is 2.37. The Balaban J connectivity index is 2.31. The zero-order chi connectivity index (χ0) is 20.0. The second kappa shape index (κ2) is 9.57. The lowest BCUT2D eigenvalue weighted by molar-refractivity contribution is 0.198. The normalized spacial score (nSPS) is 13.0. The Bertz CT molecular complexity index is 851. The summed E-state index contributed by atoms with van der Waals surface area (Å²) in [6, 6.07) is 12.5. The number of thioether (sulfide) groups is 1. The summed E-state index contributed by atoms with van der Waals surface area (Å²) in [5.41, 5.74) is 0.758.